The molecular formula is C9H10N2O2. The standard InChI is InChI=1S/C9H10N2O2/c10-4-6-2-1-3-7(9(12)13)8(6)5-11/h1-5H,10-11H2,(H,12,13)/b6-4-,8-5+. The Morgan fingerprint density at radius 3 is 2.46 bits per heavy atom. The summed E-state index contributed by atoms with van der Waals surface area (Å²) in [6.45, 7) is 0. The lowest BCUT2D eigenvalue weighted by atomic mass is 10.1. The van der Waals surface area contributed by atoms with Crippen LogP contribution in [0.3, 0.4) is 0 Å². The van der Waals surface area contributed by atoms with Gasteiger partial charge in [0.25, 0.3) is 0 Å². The maximum Gasteiger partial charge on any atom is 0.336 e. The second-order valence-corrected chi connectivity index (χ2v) is 2.45. The van der Waals surface area contributed by atoms with Crippen LogP contribution in [-0.4, -0.2) is 11.1 Å². The molecule has 0 heterocycles. The molecule has 4 heteroatoms. The maximum absolute atomic E-state index is 10.7. The third-order valence-electron chi connectivity index (χ3n) is 1.72. The molecule has 0 unspecified atom stereocenters. The molecule has 1 rings (SSSR count). The van der Waals surface area contributed by atoms with Crippen LogP contribution in [0, 0.1) is 0 Å². The highest BCUT2D eigenvalue weighted by molar-refractivity contribution is 5.88. The Balaban J connectivity index is 3.67. The van der Waals surface area contributed by atoms with Gasteiger partial charge in [0.05, 0.1) is 5.56 Å². The Labute approximate surface area is 74.8 Å². The van der Waals surface area contributed by atoms with E-state index in [1.165, 1.54) is 18.5 Å². The number of hydrogen-bond acceptors (Lipinski definition) is 3. The number of aromatic carboxylic acids is 1. The van der Waals surface area contributed by atoms with E-state index in [1.807, 2.05) is 0 Å². The topological polar surface area (TPSA) is 89.3 Å². The van der Waals surface area contributed by atoms with Crippen LogP contribution < -0.4 is 21.9 Å². The minimum absolute atomic E-state index is 0.154. The predicted octanol–water partition coefficient (Wildman–Crippen LogP) is -1.22. The zero-order valence-electron chi connectivity index (χ0n) is 6.90. The molecule has 0 fully saturated rings. The van der Waals surface area contributed by atoms with Crippen molar-refractivity contribution in [2.75, 3.05) is 0 Å². The third-order valence-corrected chi connectivity index (χ3v) is 1.72. The summed E-state index contributed by atoms with van der Waals surface area (Å²) >= 11 is 0. The van der Waals surface area contributed by atoms with Gasteiger partial charge >= 0.3 is 5.97 Å². The van der Waals surface area contributed by atoms with E-state index in [2.05, 4.69) is 0 Å². The van der Waals surface area contributed by atoms with Crippen LogP contribution in [0.4, 0.5) is 0 Å². The minimum Gasteiger partial charge on any atom is -0.478 e. The van der Waals surface area contributed by atoms with E-state index in [0.717, 1.165) is 0 Å². The molecule has 0 spiro atoms. The van der Waals surface area contributed by atoms with Crippen molar-refractivity contribution in [3.8, 4) is 0 Å². The molecule has 0 saturated heterocycles. The van der Waals surface area contributed by atoms with Gasteiger partial charge in [-0.1, -0.05) is 12.1 Å². The third kappa shape index (κ3) is 1.61. The fourth-order valence-electron chi connectivity index (χ4n) is 1.10. The summed E-state index contributed by atoms with van der Waals surface area (Å²) in [5.41, 5.74) is 10.8. The molecule has 0 amide bonds. The lowest BCUT2D eigenvalue weighted by Gasteiger charge is -1.95. The van der Waals surface area contributed by atoms with Crippen molar-refractivity contribution in [2.45, 2.75) is 0 Å². The van der Waals surface area contributed by atoms with Crippen molar-refractivity contribution in [3.63, 3.8) is 0 Å². The molecule has 0 bridgehead atoms. The van der Waals surface area contributed by atoms with Gasteiger partial charge in [-0.15, -0.1) is 0 Å². The summed E-state index contributed by atoms with van der Waals surface area (Å²) in [6, 6.07) is 4.80. The first-order valence-corrected chi connectivity index (χ1v) is 3.67. The zero-order chi connectivity index (χ0) is 9.84. The van der Waals surface area contributed by atoms with Gasteiger partial charge in [-0.2, -0.15) is 0 Å². The molecule has 0 saturated carbocycles. The molecule has 0 aromatic heterocycles. The highest BCUT2D eigenvalue weighted by atomic mass is 16.4. The van der Waals surface area contributed by atoms with Crippen LogP contribution in [0.2, 0.25) is 0 Å². The maximum atomic E-state index is 10.7. The van der Waals surface area contributed by atoms with Gasteiger partial charge in [0.2, 0.25) is 0 Å². The highest BCUT2D eigenvalue weighted by Gasteiger charge is 2.03. The van der Waals surface area contributed by atoms with Crippen molar-refractivity contribution in [3.05, 3.63) is 34.2 Å². The van der Waals surface area contributed by atoms with E-state index in [-0.39, 0.29) is 5.56 Å². The van der Waals surface area contributed by atoms with Crippen LogP contribution in [0.5, 0.6) is 0 Å². The van der Waals surface area contributed by atoms with E-state index < -0.39 is 5.97 Å². The Morgan fingerprint density at radius 1 is 1.31 bits per heavy atom. The number of benzene rings is 1. The van der Waals surface area contributed by atoms with Gasteiger partial charge in [0.1, 0.15) is 0 Å². The molecule has 1 aromatic carbocycles. The van der Waals surface area contributed by atoms with Crippen LogP contribution >= 0.6 is 0 Å². The average molecular weight is 178 g/mol. The first kappa shape index (κ1) is 9.12. The monoisotopic (exact) mass is 178 g/mol. The molecule has 0 radical (unpaired) electrons. The molecule has 0 aliphatic rings. The van der Waals surface area contributed by atoms with Gasteiger partial charge in [-0.3, -0.25) is 0 Å². The van der Waals surface area contributed by atoms with E-state index >= 15 is 0 Å². The molecular weight excluding hydrogens is 168 g/mol. The van der Waals surface area contributed by atoms with Gasteiger partial charge in [0.15, 0.2) is 0 Å². The van der Waals surface area contributed by atoms with Gasteiger partial charge < -0.3 is 16.6 Å². The van der Waals surface area contributed by atoms with Gasteiger partial charge in [0, 0.05) is 17.6 Å². The summed E-state index contributed by atoms with van der Waals surface area (Å²) < 4.78 is 0. The van der Waals surface area contributed by atoms with Crippen molar-refractivity contribution in [1.82, 2.24) is 0 Å². The molecule has 0 aliphatic carbocycles. The SMILES string of the molecule is N/C=c1/cccc(C(=O)O)/c1=C/N. The number of carboxylic acids is 1. The summed E-state index contributed by atoms with van der Waals surface area (Å²) in [6.07, 6.45) is 2.56. The Bertz CT molecular complexity index is 437. The number of hydrogen-bond donors (Lipinski definition) is 3. The van der Waals surface area contributed by atoms with Crippen LogP contribution in [0.1, 0.15) is 10.4 Å². The van der Waals surface area contributed by atoms with Crippen LogP contribution in [0.15, 0.2) is 18.2 Å². The molecule has 1 aromatic rings. The first-order chi connectivity index (χ1) is 6.20. The van der Waals surface area contributed by atoms with Gasteiger partial charge in [-0.25, -0.2) is 4.79 Å². The first-order valence-electron chi connectivity index (χ1n) is 3.67. The predicted molar refractivity (Wildman–Crippen MR) is 50.0 cm³/mol. The van der Waals surface area contributed by atoms with Crippen molar-refractivity contribution in [2.24, 2.45) is 11.5 Å². The molecule has 4 nitrogen and oxygen atoms in total. The second kappa shape index (κ2) is 3.62. The molecule has 0 atom stereocenters. The van der Waals surface area contributed by atoms with E-state index in [0.29, 0.717) is 10.4 Å². The lowest BCUT2D eigenvalue weighted by Crippen LogP contribution is -2.32. The number of rotatable bonds is 1. The minimum atomic E-state index is -1.01. The van der Waals surface area contributed by atoms with E-state index in [4.69, 9.17) is 16.6 Å². The summed E-state index contributed by atoms with van der Waals surface area (Å²) in [5.74, 6) is -1.01. The van der Waals surface area contributed by atoms with E-state index in [1.54, 1.807) is 12.1 Å². The Hall–Kier alpha value is -1.97. The number of carbonyl (C=O) groups is 1. The highest BCUT2D eigenvalue weighted by Crippen LogP contribution is 1.87. The fourth-order valence-corrected chi connectivity index (χ4v) is 1.10. The smallest absolute Gasteiger partial charge is 0.336 e. The summed E-state index contributed by atoms with van der Waals surface area (Å²) in [5, 5.41) is 9.84. The molecule has 13 heavy (non-hydrogen) atoms. The summed E-state index contributed by atoms with van der Waals surface area (Å²) in [7, 11) is 0. The Morgan fingerprint density at radius 2 is 2.00 bits per heavy atom. The number of nitrogens with two attached hydrogens (primary N) is 2. The second-order valence-electron chi connectivity index (χ2n) is 2.45. The largest absolute Gasteiger partial charge is 0.478 e. The molecule has 5 N–H and O–H groups in total. The summed E-state index contributed by atoms with van der Waals surface area (Å²) in [4.78, 5) is 10.7. The quantitative estimate of drug-likeness (QED) is 0.502. The van der Waals surface area contributed by atoms with E-state index in [9.17, 15) is 4.79 Å². The zero-order valence-corrected chi connectivity index (χ0v) is 6.90. The Kier molecular flexibility index (Phi) is 2.54. The molecule has 0 aliphatic heterocycles. The van der Waals surface area contributed by atoms with Crippen molar-refractivity contribution < 1.29 is 9.90 Å². The lowest BCUT2D eigenvalue weighted by molar-refractivity contribution is 0.0695. The normalized spacial score (nSPS) is 13.2. The fraction of sp³-hybridized carbons (Fsp3) is 0. The van der Waals surface area contributed by atoms with Crippen molar-refractivity contribution in [1.29, 1.82) is 0 Å². The van der Waals surface area contributed by atoms with Crippen LogP contribution in [0.25, 0.3) is 12.4 Å². The van der Waals surface area contributed by atoms with Gasteiger partial charge in [-0.05, 0) is 11.3 Å². The number of carboxylic acid groups (broad SMARTS) is 1. The molecule has 68 valence electrons. The van der Waals surface area contributed by atoms with Crippen molar-refractivity contribution >= 4 is 18.4 Å². The van der Waals surface area contributed by atoms with Crippen LogP contribution in [-0.2, 0) is 0 Å². The average Bonchev–Trinajstić information content (AvgIpc) is 2.16.